The molecule has 4 nitrogen and oxygen atoms in total. The number of benzene rings is 9. The SMILES string of the molecule is [C-]#[N+]c1cccc2c1-c1ccc(-c3ccc(-c4nc(-c5ccc(-c6ccccc6)cc5)nc(-c5ccc(-c6ccccc6)cc5)n4)cc3)cc1C21c2ccccc2-c2ccccc21. The second-order valence-corrected chi connectivity index (χ2v) is 16.2. The van der Waals surface area contributed by atoms with Crippen LogP contribution in [0.3, 0.4) is 0 Å². The van der Waals surface area contributed by atoms with E-state index in [1.807, 2.05) is 24.3 Å². The standard InChI is InChI=1S/C59H36N4/c1-60-54-22-12-21-52-55(54)49-36-35-46(37-53(49)59(52)50-19-10-8-17-47(50)48-18-9-11-20-51(48)59)42-27-33-45(34-28-42)58-62-56(43-29-23-40(24-30-43)38-13-4-2-5-14-38)61-57(63-58)44-31-25-41(26-32-44)39-15-6-3-7-16-39/h2-37H. The Hall–Kier alpha value is -8.52. The van der Waals surface area contributed by atoms with Crippen molar-refractivity contribution < 1.29 is 0 Å². The van der Waals surface area contributed by atoms with Crippen molar-refractivity contribution in [2.75, 3.05) is 0 Å². The predicted octanol–water partition coefficient (Wildman–Crippen LogP) is 14.8. The van der Waals surface area contributed by atoms with E-state index in [9.17, 15) is 0 Å². The monoisotopic (exact) mass is 800 g/mol. The van der Waals surface area contributed by atoms with Crippen LogP contribution in [0.25, 0.3) is 94.6 Å². The van der Waals surface area contributed by atoms with E-state index in [1.165, 1.54) is 33.4 Å². The smallest absolute Gasteiger partial charge is 0.195 e. The average molecular weight is 801 g/mol. The van der Waals surface area contributed by atoms with Crippen molar-refractivity contribution in [2.24, 2.45) is 0 Å². The maximum atomic E-state index is 8.19. The van der Waals surface area contributed by atoms with Crippen molar-refractivity contribution in [3.05, 3.63) is 252 Å². The minimum Gasteiger partial charge on any atom is -0.238 e. The van der Waals surface area contributed by atoms with Crippen LogP contribution in [0.2, 0.25) is 0 Å². The first-order valence-corrected chi connectivity index (χ1v) is 21.2. The Labute approximate surface area is 366 Å². The molecular weight excluding hydrogens is 765 g/mol. The third kappa shape index (κ3) is 5.79. The summed E-state index contributed by atoms with van der Waals surface area (Å²) in [7, 11) is 0. The highest BCUT2D eigenvalue weighted by Crippen LogP contribution is 2.64. The van der Waals surface area contributed by atoms with Gasteiger partial charge in [-0.05, 0) is 84.0 Å². The Kier molecular flexibility index (Phi) is 8.42. The molecule has 0 N–H and O–H groups in total. The highest BCUT2D eigenvalue weighted by Gasteiger charge is 2.52. The molecule has 10 aromatic rings. The van der Waals surface area contributed by atoms with Gasteiger partial charge in [0.1, 0.15) is 0 Å². The fourth-order valence-electron chi connectivity index (χ4n) is 9.90. The van der Waals surface area contributed by atoms with Gasteiger partial charge >= 0.3 is 0 Å². The Bertz CT molecular complexity index is 3280. The fourth-order valence-corrected chi connectivity index (χ4v) is 9.90. The van der Waals surface area contributed by atoms with Gasteiger partial charge in [0, 0.05) is 16.7 Å². The molecule has 12 rings (SSSR count). The molecule has 9 aromatic carbocycles. The molecule has 0 saturated heterocycles. The third-order valence-corrected chi connectivity index (χ3v) is 12.8. The summed E-state index contributed by atoms with van der Waals surface area (Å²) in [4.78, 5) is 19.3. The minimum absolute atomic E-state index is 0.537. The number of hydrogen-bond donors (Lipinski definition) is 0. The molecule has 1 spiro atoms. The molecule has 0 unspecified atom stereocenters. The van der Waals surface area contributed by atoms with Crippen LogP contribution >= 0.6 is 0 Å². The molecule has 0 aliphatic heterocycles. The molecular formula is C59H36N4. The van der Waals surface area contributed by atoms with Gasteiger partial charge in [0.05, 0.1) is 12.0 Å². The first-order valence-electron chi connectivity index (χ1n) is 21.2. The van der Waals surface area contributed by atoms with Gasteiger partial charge in [0.15, 0.2) is 23.2 Å². The van der Waals surface area contributed by atoms with Crippen molar-refractivity contribution in [3.8, 4) is 89.8 Å². The highest BCUT2D eigenvalue weighted by molar-refractivity contribution is 5.99. The lowest BCUT2D eigenvalue weighted by atomic mass is 9.70. The number of aromatic nitrogens is 3. The zero-order valence-electron chi connectivity index (χ0n) is 34.1. The number of rotatable bonds is 6. The first-order chi connectivity index (χ1) is 31.2. The van der Waals surface area contributed by atoms with E-state index in [2.05, 4.69) is 199 Å². The van der Waals surface area contributed by atoms with Crippen LogP contribution in [0.5, 0.6) is 0 Å². The molecule has 292 valence electrons. The fraction of sp³-hybridized carbons (Fsp3) is 0.0169. The molecule has 4 heteroatoms. The van der Waals surface area contributed by atoms with Crippen LogP contribution < -0.4 is 0 Å². The number of fused-ring (bicyclic) bond motifs is 10. The molecule has 0 saturated carbocycles. The van der Waals surface area contributed by atoms with E-state index >= 15 is 0 Å². The van der Waals surface area contributed by atoms with Crippen LogP contribution in [0.1, 0.15) is 22.3 Å². The van der Waals surface area contributed by atoms with Crippen LogP contribution in [0.4, 0.5) is 5.69 Å². The summed E-state index contributed by atoms with van der Waals surface area (Å²) < 4.78 is 0. The summed E-state index contributed by atoms with van der Waals surface area (Å²) in [6, 6.07) is 76.8. The van der Waals surface area contributed by atoms with Crippen molar-refractivity contribution in [3.63, 3.8) is 0 Å². The molecule has 0 bridgehead atoms. The first kappa shape index (κ1) is 36.3. The van der Waals surface area contributed by atoms with Gasteiger partial charge in [0.25, 0.3) is 0 Å². The maximum absolute atomic E-state index is 8.19. The van der Waals surface area contributed by atoms with Crippen LogP contribution in [-0.2, 0) is 5.41 Å². The van der Waals surface area contributed by atoms with E-state index in [0.29, 0.717) is 23.2 Å². The molecule has 0 atom stereocenters. The van der Waals surface area contributed by atoms with Gasteiger partial charge in [-0.2, -0.15) is 0 Å². The van der Waals surface area contributed by atoms with Crippen molar-refractivity contribution in [1.29, 1.82) is 0 Å². The summed E-state index contributed by atoms with van der Waals surface area (Å²) in [6.45, 7) is 8.19. The van der Waals surface area contributed by atoms with Gasteiger partial charge in [0.2, 0.25) is 0 Å². The average Bonchev–Trinajstić information content (AvgIpc) is 3.84. The van der Waals surface area contributed by atoms with Gasteiger partial charge < -0.3 is 0 Å². The number of nitrogens with zero attached hydrogens (tertiary/aromatic N) is 4. The van der Waals surface area contributed by atoms with Crippen LogP contribution in [0.15, 0.2) is 218 Å². The Morgan fingerprint density at radius 2 is 0.683 bits per heavy atom. The summed E-state index contributed by atoms with van der Waals surface area (Å²) in [5.74, 6) is 1.84. The lowest BCUT2D eigenvalue weighted by Crippen LogP contribution is -2.25. The molecule has 0 radical (unpaired) electrons. The second kappa shape index (κ2) is 14.6. The van der Waals surface area contributed by atoms with Gasteiger partial charge in [-0.1, -0.05) is 212 Å². The van der Waals surface area contributed by atoms with Crippen LogP contribution in [-0.4, -0.2) is 15.0 Å². The molecule has 1 aromatic heterocycles. The molecule has 2 aliphatic carbocycles. The van der Waals surface area contributed by atoms with E-state index in [4.69, 9.17) is 21.5 Å². The lowest BCUT2D eigenvalue weighted by molar-refractivity contribution is 0.794. The summed E-state index contributed by atoms with van der Waals surface area (Å²) >= 11 is 0. The van der Waals surface area contributed by atoms with Gasteiger partial charge in [-0.25, -0.2) is 19.8 Å². The Morgan fingerprint density at radius 3 is 1.16 bits per heavy atom. The van der Waals surface area contributed by atoms with Crippen molar-refractivity contribution in [2.45, 2.75) is 5.41 Å². The predicted molar refractivity (Wildman–Crippen MR) is 255 cm³/mol. The normalized spacial score (nSPS) is 12.6. The van der Waals surface area contributed by atoms with E-state index in [-0.39, 0.29) is 0 Å². The Balaban J connectivity index is 0.958. The molecule has 0 fully saturated rings. The summed E-state index contributed by atoms with van der Waals surface area (Å²) in [5.41, 5.74) is 19.2. The molecule has 2 aliphatic rings. The lowest BCUT2D eigenvalue weighted by Gasteiger charge is -2.31. The van der Waals surface area contributed by atoms with Crippen molar-refractivity contribution in [1.82, 2.24) is 15.0 Å². The van der Waals surface area contributed by atoms with Crippen LogP contribution in [0, 0.1) is 6.57 Å². The van der Waals surface area contributed by atoms with E-state index < -0.39 is 5.41 Å². The van der Waals surface area contributed by atoms with E-state index in [1.54, 1.807) is 0 Å². The largest absolute Gasteiger partial charge is 0.238 e. The second-order valence-electron chi connectivity index (χ2n) is 16.2. The van der Waals surface area contributed by atoms with Gasteiger partial charge in [-0.3, -0.25) is 0 Å². The zero-order valence-corrected chi connectivity index (χ0v) is 34.1. The maximum Gasteiger partial charge on any atom is 0.195 e. The quantitative estimate of drug-likeness (QED) is 0.157. The van der Waals surface area contributed by atoms with E-state index in [0.717, 1.165) is 61.2 Å². The summed E-state index contributed by atoms with van der Waals surface area (Å²) in [6.07, 6.45) is 0. The molecule has 63 heavy (non-hydrogen) atoms. The highest BCUT2D eigenvalue weighted by atomic mass is 15.0. The third-order valence-electron chi connectivity index (χ3n) is 12.8. The molecule has 1 heterocycles. The molecule has 0 amide bonds. The minimum atomic E-state index is -0.537. The number of hydrogen-bond acceptors (Lipinski definition) is 3. The van der Waals surface area contributed by atoms with Crippen molar-refractivity contribution >= 4 is 5.69 Å². The Morgan fingerprint density at radius 1 is 0.302 bits per heavy atom. The van der Waals surface area contributed by atoms with Gasteiger partial charge in [-0.15, -0.1) is 0 Å². The summed E-state index contributed by atoms with van der Waals surface area (Å²) in [5, 5.41) is 0. The topological polar surface area (TPSA) is 43.0 Å². The zero-order chi connectivity index (χ0) is 41.9.